The summed E-state index contributed by atoms with van der Waals surface area (Å²) in [4.78, 5) is 11.6. The maximum atomic E-state index is 11.6. The van der Waals surface area contributed by atoms with E-state index >= 15 is 0 Å². The van der Waals surface area contributed by atoms with Crippen LogP contribution in [0.5, 0.6) is 0 Å². The maximum Gasteiger partial charge on any atom is 0.270 e. The molecule has 0 aliphatic rings. The molecule has 6 heteroatoms. The summed E-state index contributed by atoms with van der Waals surface area (Å²) in [5, 5.41) is 17.4. The Balaban J connectivity index is 3.92. The van der Waals surface area contributed by atoms with Gasteiger partial charge < -0.3 is 5.73 Å². The monoisotopic (exact) mass is 220 g/mol. The van der Waals surface area contributed by atoms with Gasteiger partial charge in [-0.2, -0.15) is 10.5 Å². The molecule has 1 heterocycles. The normalized spacial score (nSPS) is 10.7. The fourth-order valence-corrected chi connectivity index (χ4v) is 2.12. The molecule has 76 valence electrons. The van der Waals surface area contributed by atoms with Crippen LogP contribution in [0.1, 0.15) is 6.92 Å². The Kier molecular flexibility index (Phi) is 3.27. The molecule has 1 aromatic rings. The van der Waals surface area contributed by atoms with Crippen molar-refractivity contribution < 1.29 is 0 Å². The van der Waals surface area contributed by atoms with Gasteiger partial charge in [-0.25, -0.2) is 0 Å². The van der Waals surface area contributed by atoms with E-state index in [0.717, 1.165) is 11.3 Å². The zero-order valence-corrected chi connectivity index (χ0v) is 8.84. The van der Waals surface area contributed by atoms with Crippen molar-refractivity contribution in [3.05, 3.63) is 19.5 Å². The second-order valence-corrected chi connectivity index (χ2v) is 3.62. The lowest BCUT2D eigenvalue weighted by Crippen LogP contribution is -2.31. The maximum absolute atomic E-state index is 11.6. The van der Waals surface area contributed by atoms with Crippen LogP contribution in [0, 0.1) is 22.7 Å². The molecule has 0 spiro atoms. The Morgan fingerprint density at radius 3 is 2.60 bits per heavy atom. The number of hydrogen-bond donors (Lipinski definition) is 1. The van der Waals surface area contributed by atoms with Crippen LogP contribution >= 0.6 is 11.3 Å². The summed E-state index contributed by atoms with van der Waals surface area (Å²) in [5.41, 5.74) is 4.94. The summed E-state index contributed by atoms with van der Waals surface area (Å²) in [6.07, 6.45) is 1.19. The van der Waals surface area contributed by atoms with Crippen molar-refractivity contribution >= 4 is 23.1 Å². The minimum Gasteiger partial charge on any atom is -0.403 e. The van der Waals surface area contributed by atoms with E-state index in [1.54, 1.807) is 19.1 Å². The predicted octanol–water partition coefficient (Wildman–Crippen LogP) is -1.18. The largest absolute Gasteiger partial charge is 0.403 e. The molecule has 0 unspecified atom stereocenters. The highest BCUT2D eigenvalue weighted by atomic mass is 32.1. The number of rotatable bonds is 1. The molecule has 0 aliphatic carbocycles. The van der Waals surface area contributed by atoms with Crippen molar-refractivity contribution in [1.29, 1.82) is 10.5 Å². The molecule has 2 N–H and O–H groups in total. The summed E-state index contributed by atoms with van der Waals surface area (Å²) in [6.45, 7) is 2.18. The molecule has 0 saturated carbocycles. The van der Waals surface area contributed by atoms with E-state index in [9.17, 15) is 4.79 Å². The second-order valence-electron chi connectivity index (χ2n) is 2.59. The highest BCUT2D eigenvalue weighted by Gasteiger charge is 2.06. The highest BCUT2D eigenvalue weighted by Crippen LogP contribution is 1.88. The van der Waals surface area contributed by atoms with Gasteiger partial charge in [0.25, 0.3) is 5.56 Å². The molecule has 0 fully saturated rings. The minimum atomic E-state index is -0.261. The molecule has 0 aromatic carbocycles. The SMILES string of the molecule is CCn1c(=C(C#N)C#N)s/c(=C/N)c1=O. The van der Waals surface area contributed by atoms with Crippen molar-refractivity contribution in [2.24, 2.45) is 5.73 Å². The summed E-state index contributed by atoms with van der Waals surface area (Å²) in [5.74, 6) is 0. The van der Waals surface area contributed by atoms with E-state index in [1.165, 1.54) is 10.8 Å². The predicted molar refractivity (Wildman–Crippen MR) is 56.8 cm³/mol. The first-order valence-electron chi connectivity index (χ1n) is 4.15. The molecule has 0 radical (unpaired) electrons. The van der Waals surface area contributed by atoms with E-state index in [2.05, 4.69) is 0 Å². The van der Waals surface area contributed by atoms with Crippen LogP contribution in [0.3, 0.4) is 0 Å². The first-order chi connectivity index (χ1) is 7.19. The second kappa shape index (κ2) is 4.45. The first-order valence-corrected chi connectivity index (χ1v) is 4.97. The van der Waals surface area contributed by atoms with Gasteiger partial charge in [-0.05, 0) is 6.92 Å². The third kappa shape index (κ3) is 1.76. The lowest BCUT2D eigenvalue weighted by atomic mass is 10.4. The van der Waals surface area contributed by atoms with Crippen LogP contribution < -0.4 is 20.5 Å². The van der Waals surface area contributed by atoms with Crippen LogP contribution in [0.2, 0.25) is 0 Å². The molecule has 5 nitrogen and oxygen atoms in total. The van der Waals surface area contributed by atoms with Crippen molar-refractivity contribution in [2.75, 3.05) is 0 Å². The molecular weight excluding hydrogens is 212 g/mol. The van der Waals surface area contributed by atoms with Crippen LogP contribution in [0.4, 0.5) is 0 Å². The Morgan fingerprint density at radius 2 is 2.20 bits per heavy atom. The standard InChI is InChI=1S/C9H8N4OS/c1-2-13-8(14)7(5-12)15-9(13)6(3-10)4-11/h5H,2,12H2,1H3/b7-5+. The van der Waals surface area contributed by atoms with Crippen LogP contribution in [-0.2, 0) is 6.54 Å². The van der Waals surface area contributed by atoms with E-state index in [-0.39, 0.29) is 11.1 Å². The van der Waals surface area contributed by atoms with E-state index < -0.39 is 0 Å². The smallest absolute Gasteiger partial charge is 0.270 e. The average Bonchev–Trinajstić information content (AvgIpc) is 2.57. The Morgan fingerprint density at radius 1 is 1.60 bits per heavy atom. The molecule has 0 amide bonds. The fraction of sp³-hybridized carbons (Fsp3) is 0.222. The molecule has 0 saturated heterocycles. The molecule has 1 rings (SSSR count). The number of nitrogens with two attached hydrogens (primary N) is 1. The van der Waals surface area contributed by atoms with Gasteiger partial charge in [0.15, 0.2) is 5.57 Å². The van der Waals surface area contributed by atoms with Gasteiger partial charge in [0.2, 0.25) is 0 Å². The summed E-state index contributed by atoms with van der Waals surface area (Å²) in [6, 6.07) is 3.52. The van der Waals surface area contributed by atoms with Gasteiger partial charge in [0, 0.05) is 12.7 Å². The van der Waals surface area contributed by atoms with Gasteiger partial charge in [-0.1, -0.05) is 0 Å². The summed E-state index contributed by atoms with van der Waals surface area (Å²) >= 11 is 1.06. The van der Waals surface area contributed by atoms with Crippen LogP contribution in [-0.4, -0.2) is 4.57 Å². The van der Waals surface area contributed by atoms with E-state index in [1.807, 2.05) is 0 Å². The van der Waals surface area contributed by atoms with Crippen LogP contribution in [0.25, 0.3) is 11.8 Å². The van der Waals surface area contributed by atoms with Gasteiger partial charge in [0.1, 0.15) is 21.3 Å². The van der Waals surface area contributed by atoms with Crippen molar-refractivity contribution in [1.82, 2.24) is 4.57 Å². The Labute approximate surface area is 89.6 Å². The zero-order valence-electron chi connectivity index (χ0n) is 8.02. The van der Waals surface area contributed by atoms with E-state index in [0.29, 0.717) is 15.7 Å². The van der Waals surface area contributed by atoms with E-state index in [4.69, 9.17) is 16.3 Å². The average molecular weight is 220 g/mol. The summed E-state index contributed by atoms with van der Waals surface area (Å²) < 4.78 is 2.07. The molecule has 1 aromatic heterocycles. The third-order valence-corrected chi connectivity index (χ3v) is 2.96. The Hall–Kier alpha value is -2.05. The van der Waals surface area contributed by atoms with Crippen molar-refractivity contribution in [3.63, 3.8) is 0 Å². The number of aromatic nitrogens is 1. The first kappa shape index (κ1) is 11.0. The van der Waals surface area contributed by atoms with Gasteiger partial charge in [-0.15, -0.1) is 11.3 Å². The minimum absolute atomic E-state index is 0.0629. The molecule has 15 heavy (non-hydrogen) atoms. The zero-order chi connectivity index (χ0) is 11.4. The number of hydrogen-bond acceptors (Lipinski definition) is 5. The number of nitrogens with zero attached hydrogens (tertiary/aromatic N) is 3. The molecule has 0 aliphatic heterocycles. The molecule has 0 atom stereocenters. The molecule has 0 bridgehead atoms. The van der Waals surface area contributed by atoms with Crippen molar-refractivity contribution in [2.45, 2.75) is 13.5 Å². The number of thiazole rings is 1. The fourth-order valence-electron chi connectivity index (χ4n) is 1.13. The van der Waals surface area contributed by atoms with Gasteiger partial charge in [0.05, 0.1) is 0 Å². The molecular formula is C9H8N4OS. The lowest BCUT2D eigenvalue weighted by Gasteiger charge is -1.93. The Bertz CT molecular complexity index is 607. The lowest BCUT2D eigenvalue weighted by molar-refractivity contribution is 0.722. The van der Waals surface area contributed by atoms with Crippen LogP contribution in [0.15, 0.2) is 4.79 Å². The third-order valence-electron chi connectivity index (χ3n) is 1.81. The quantitative estimate of drug-likeness (QED) is 0.644. The highest BCUT2D eigenvalue weighted by molar-refractivity contribution is 7.07. The topological polar surface area (TPSA) is 95.6 Å². The van der Waals surface area contributed by atoms with Gasteiger partial charge >= 0.3 is 0 Å². The summed E-state index contributed by atoms with van der Waals surface area (Å²) in [7, 11) is 0. The van der Waals surface area contributed by atoms with Crippen molar-refractivity contribution in [3.8, 4) is 12.1 Å². The number of nitriles is 2. The van der Waals surface area contributed by atoms with Gasteiger partial charge in [-0.3, -0.25) is 9.36 Å².